The minimum atomic E-state index is -0.969. The summed E-state index contributed by atoms with van der Waals surface area (Å²) in [5.74, 6) is -2.45. The van der Waals surface area contributed by atoms with Crippen LogP contribution in [0.1, 0.15) is 25.7 Å². The highest BCUT2D eigenvalue weighted by atomic mass is 19.1. The molecule has 0 radical (unpaired) electrons. The third-order valence-electron chi connectivity index (χ3n) is 6.04. The van der Waals surface area contributed by atoms with Gasteiger partial charge in [0.25, 0.3) is 0 Å². The largest absolute Gasteiger partial charge is 0.480 e. The van der Waals surface area contributed by atoms with E-state index in [1.165, 1.54) is 21.9 Å². The van der Waals surface area contributed by atoms with E-state index >= 15 is 0 Å². The van der Waals surface area contributed by atoms with Crippen molar-refractivity contribution < 1.29 is 23.9 Å². The Hall–Kier alpha value is -2.44. The summed E-state index contributed by atoms with van der Waals surface area (Å²) in [6, 6.07) is 5.18. The second-order valence-corrected chi connectivity index (χ2v) is 7.49. The Morgan fingerprint density at radius 2 is 1.92 bits per heavy atom. The molecule has 6 nitrogen and oxygen atoms in total. The summed E-state index contributed by atoms with van der Waals surface area (Å²) in [7, 11) is 0. The van der Waals surface area contributed by atoms with E-state index in [4.69, 9.17) is 0 Å². The Bertz CT molecular complexity index is 768. The molecule has 2 amide bonds. The molecule has 0 aromatic heterocycles. The van der Waals surface area contributed by atoms with Crippen molar-refractivity contribution in [2.24, 2.45) is 17.8 Å². The third kappa shape index (κ3) is 2.66. The summed E-state index contributed by atoms with van der Waals surface area (Å²) in [6.45, 7) is 0.543. The molecule has 1 aromatic rings. The van der Waals surface area contributed by atoms with Crippen LogP contribution >= 0.6 is 0 Å². The fourth-order valence-corrected chi connectivity index (χ4v) is 4.86. The van der Waals surface area contributed by atoms with Crippen molar-refractivity contribution in [1.82, 2.24) is 4.90 Å². The van der Waals surface area contributed by atoms with E-state index < -0.39 is 23.7 Å². The first kappa shape index (κ1) is 17.0. The SMILES string of the molecule is O=C(O)C1C2CCCC2CN1C(=O)C1CC(=O)N(c2ccccc2F)C1. The van der Waals surface area contributed by atoms with Crippen LogP contribution in [0.15, 0.2) is 24.3 Å². The first-order valence-electron chi connectivity index (χ1n) is 9.05. The lowest BCUT2D eigenvalue weighted by molar-refractivity contribution is -0.151. The number of carbonyl (C=O) groups is 3. The Balaban J connectivity index is 1.53. The van der Waals surface area contributed by atoms with Crippen molar-refractivity contribution in [2.75, 3.05) is 18.0 Å². The zero-order valence-electron chi connectivity index (χ0n) is 14.3. The van der Waals surface area contributed by atoms with Gasteiger partial charge in [0.15, 0.2) is 0 Å². The first-order chi connectivity index (χ1) is 12.5. The van der Waals surface area contributed by atoms with Crippen molar-refractivity contribution in [1.29, 1.82) is 0 Å². The minimum absolute atomic E-state index is 0.00859. The maximum absolute atomic E-state index is 14.0. The van der Waals surface area contributed by atoms with Gasteiger partial charge in [-0.25, -0.2) is 9.18 Å². The van der Waals surface area contributed by atoms with Gasteiger partial charge in [0.2, 0.25) is 11.8 Å². The fourth-order valence-electron chi connectivity index (χ4n) is 4.86. The molecular formula is C19H21FN2O4. The van der Waals surface area contributed by atoms with Crippen molar-refractivity contribution in [3.63, 3.8) is 0 Å². The number of rotatable bonds is 3. The number of halogens is 1. The molecule has 2 aliphatic heterocycles. The Kier molecular flexibility index (Phi) is 4.17. The Morgan fingerprint density at radius 1 is 1.15 bits per heavy atom. The fraction of sp³-hybridized carbons (Fsp3) is 0.526. The number of benzene rings is 1. The molecule has 4 unspecified atom stereocenters. The molecule has 1 N–H and O–H groups in total. The molecule has 4 rings (SSSR count). The minimum Gasteiger partial charge on any atom is -0.480 e. The van der Waals surface area contributed by atoms with Crippen molar-refractivity contribution in [2.45, 2.75) is 31.7 Å². The maximum Gasteiger partial charge on any atom is 0.326 e. The first-order valence-corrected chi connectivity index (χ1v) is 9.05. The molecule has 138 valence electrons. The number of likely N-dealkylation sites (tertiary alicyclic amines) is 1. The Labute approximate surface area is 150 Å². The van der Waals surface area contributed by atoms with Crippen LogP contribution in [-0.4, -0.2) is 46.9 Å². The lowest BCUT2D eigenvalue weighted by Gasteiger charge is -2.27. The van der Waals surface area contributed by atoms with E-state index in [0.717, 1.165) is 19.3 Å². The van der Waals surface area contributed by atoms with Crippen molar-refractivity contribution in [3.8, 4) is 0 Å². The second-order valence-electron chi connectivity index (χ2n) is 7.49. The number of carboxylic acid groups (broad SMARTS) is 1. The number of aliphatic carboxylic acids is 1. The summed E-state index contributed by atoms with van der Waals surface area (Å²) < 4.78 is 14.0. The molecule has 2 saturated heterocycles. The molecule has 0 spiro atoms. The van der Waals surface area contributed by atoms with E-state index in [9.17, 15) is 23.9 Å². The topological polar surface area (TPSA) is 77.9 Å². The van der Waals surface area contributed by atoms with Gasteiger partial charge < -0.3 is 14.9 Å². The number of carbonyl (C=O) groups excluding carboxylic acids is 2. The molecule has 4 atom stereocenters. The summed E-state index contributed by atoms with van der Waals surface area (Å²) in [6.07, 6.45) is 2.77. The number of fused-ring (bicyclic) bond motifs is 1. The van der Waals surface area contributed by atoms with Gasteiger partial charge in [-0.15, -0.1) is 0 Å². The van der Waals surface area contributed by atoms with E-state index in [1.54, 1.807) is 12.1 Å². The van der Waals surface area contributed by atoms with Crippen molar-refractivity contribution >= 4 is 23.5 Å². The lowest BCUT2D eigenvalue weighted by atomic mass is 9.94. The highest BCUT2D eigenvalue weighted by molar-refractivity contribution is 6.01. The number of carboxylic acids is 1. The maximum atomic E-state index is 14.0. The van der Waals surface area contributed by atoms with E-state index in [1.807, 2.05) is 0 Å². The van der Waals surface area contributed by atoms with Gasteiger partial charge in [0.05, 0.1) is 11.6 Å². The van der Waals surface area contributed by atoms with Gasteiger partial charge >= 0.3 is 5.97 Å². The average Bonchev–Trinajstić information content (AvgIpc) is 3.28. The van der Waals surface area contributed by atoms with Gasteiger partial charge in [-0.1, -0.05) is 18.6 Å². The monoisotopic (exact) mass is 360 g/mol. The van der Waals surface area contributed by atoms with Gasteiger partial charge in [0.1, 0.15) is 11.9 Å². The quantitative estimate of drug-likeness (QED) is 0.893. The van der Waals surface area contributed by atoms with Crippen LogP contribution in [-0.2, 0) is 14.4 Å². The van der Waals surface area contributed by atoms with Crippen LogP contribution in [0.5, 0.6) is 0 Å². The van der Waals surface area contributed by atoms with Crippen LogP contribution < -0.4 is 4.90 Å². The summed E-state index contributed by atoms with van der Waals surface area (Å²) in [5, 5.41) is 9.62. The van der Waals surface area contributed by atoms with Gasteiger partial charge in [0, 0.05) is 19.5 Å². The average molecular weight is 360 g/mol. The lowest BCUT2D eigenvalue weighted by Crippen LogP contribution is -2.46. The van der Waals surface area contributed by atoms with Crippen molar-refractivity contribution in [3.05, 3.63) is 30.1 Å². The van der Waals surface area contributed by atoms with Gasteiger partial charge in [-0.2, -0.15) is 0 Å². The third-order valence-corrected chi connectivity index (χ3v) is 6.04. The smallest absolute Gasteiger partial charge is 0.326 e. The summed E-state index contributed by atoms with van der Waals surface area (Å²) in [5.41, 5.74) is 0.167. The molecule has 2 heterocycles. The molecule has 26 heavy (non-hydrogen) atoms. The van der Waals surface area contributed by atoms with E-state index in [2.05, 4.69) is 0 Å². The van der Waals surface area contributed by atoms with Crippen LogP contribution in [0.3, 0.4) is 0 Å². The number of anilines is 1. The predicted molar refractivity (Wildman–Crippen MR) is 90.8 cm³/mol. The van der Waals surface area contributed by atoms with Crippen LogP contribution in [0, 0.1) is 23.6 Å². The van der Waals surface area contributed by atoms with E-state index in [0.29, 0.717) is 6.54 Å². The Morgan fingerprint density at radius 3 is 2.65 bits per heavy atom. The summed E-state index contributed by atoms with van der Waals surface area (Å²) in [4.78, 5) is 39.8. The highest BCUT2D eigenvalue weighted by Crippen LogP contribution is 2.43. The predicted octanol–water partition coefficient (Wildman–Crippen LogP) is 1.89. The van der Waals surface area contributed by atoms with Gasteiger partial charge in [-0.05, 0) is 36.8 Å². The zero-order chi connectivity index (χ0) is 18.4. The zero-order valence-corrected chi connectivity index (χ0v) is 14.3. The van der Waals surface area contributed by atoms with Crippen LogP contribution in [0.25, 0.3) is 0 Å². The molecule has 1 aromatic carbocycles. The molecule has 0 bridgehead atoms. The second kappa shape index (κ2) is 6.37. The molecule has 7 heteroatoms. The molecule has 3 aliphatic rings. The molecular weight excluding hydrogens is 339 g/mol. The standard InChI is InChI=1S/C19H21FN2O4/c20-14-6-1-2-7-15(14)21-10-12(8-16(21)23)18(24)22-9-11-4-3-5-13(11)17(22)19(25)26/h1-2,6-7,11-13,17H,3-5,8-10H2,(H,25,26). The van der Waals surface area contributed by atoms with Gasteiger partial charge in [-0.3, -0.25) is 9.59 Å². The number of hydrogen-bond donors (Lipinski definition) is 1. The number of amides is 2. The number of nitrogens with zero attached hydrogens (tertiary/aromatic N) is 2. The number of para-hydroxylation sites is 1. The molecule has 3 fully saturated rings. The number of hydrogen-bond acceptors (Lipinski definition) is 3. The van der Waals surface area contributed by atoms with Crippen LogP contribution in [0.4, 0.5) is 10.1 Å². The summed E-state index contributed by atoms with van der Waals surface area (Å²) >= 11 is 0. The molecule has 1 saturated carbocycles. The molecule has 1 aliphatic carbocycles. The highest BCUT2D eigenvalue weighted by Gasteiger charge is 2.51. The van der Waals surface area contributed by atoms with E-state index in [-0.39, 0.29) is 42.3 Å². The normalized spacial score (nSPS) is 30.7. The van der Waals surface area contributed by atoms with Crippen LogP contribution in [0.2, 0.25) is 0 Å².